The topological polar surface area (TPSA) is 134 Å². The number of amides is 4. The Balaban J connectivity index is 0.00000529. The van der Waals surface area contributed by atoms with Crippen molar-refractivity contribution in [3.8, 4) is 5.75 Å². The molecule has 2 aromatic rings. The summed E-state index contributed by atoms with van der Waals surface area (Å²) in [5.74, 6) is -0.196. The number of methoxy groups -OCH3 is 2. The van der Waals surface area contributed by atoms with Crippen molar-refractivity contribution >= 4 is 46.9 Å². The maximum absolute atomic E-state index is 14.0. The Hall–Kier alpha value is -3.35. The van der Waals surface area contributed by atoms with Gasteiger partial charge in [-0.2, -0.15) is 0 Å². The number of carbonyl (C=O) groups excluding carboxylic acids is 4. The monoisotopic (exact) mass is 634 g/mol. The van der Waals surface area contributed by atoms with E-state index >= 15 is 0 Å². The maximum Gasteiger partial charge on any atom is 0.271 e. The second-order valence-electron chi connectivity index (χ2n) is 11.4. The Morgan fingerprint density at radius 2 is 1.66 bits per heavy atom. The molecule has 1 aromatic heterocycles. The summed E-state index contributed by atoms with van der Waals surface area (Å²) in [6.45, 7) is 3.76. The first-order valence-corrected chi connectivity index (χ1v) is 15.2. The summed E-state index contributed by atoms with van der Waals surface area (Å²) in [4.78, 5) is 57.4. The van der Waals surface area contributed by atoms with Gasteiger partial charge in [-0.05, 0) is 44.9 Å². The quantitative estimate of drug-likeness (QED) is 0.322. The van der Waals surface area contributed by atoms with Gasteiger partial charge in [0.25, 0.3) is 11.8 Å². The molecule has 12 nitrogen and oxygen atoms in total. The number of benzene rings is 1. The van der Waals surface area contributed by atoms with Gasteiger partial charge in [0, 0.05) is 58.3 Å². The van der Waals surface area contributed by atoms with Crippen molar-refractivity contribution in [3.63, 3.8) is 0 Å². The Labute approximate surface area is 265 Å². The largest absolute Gasteiger partial charge is 0.497 e. The molecule has 0 spiro atoms. The van der Waals surface area contributed by atoms with E-state index in [-0.39, 0.29) is 47.6 Å². The molecule has 13 heteroatoms. The minimum Gasteiger partial charge on any atom is -0.497 e. The van der Waals surface area contributed by atoms with Gasteiger partial charge in [-0.15, -0.1) is 12.4 Å². The molecule has 2 heterocycles. The predicted molar refractivity (Wildman–Crippen MR) is 170 cm³/mol. The lowest BCUT2D eigenvalue weighted by Crippen LogP contribution is -2.59. The van der Waals surface area contributed by atoms with Crippen LogP contribution in [0.1, 0.15) is 59.9 Å². The zero-order valence-corrected chi connectivity index (χ0v) is 27.3. The third-order valence-electron chi connectivity index (χ3n) is 8.82. The molecule has 2 atom stereocenters. The van der Waals surface area contributed by atoms with Gasteiger partial charge >= 0.3 is 0 Å². The fraction of sp³-hybridized carbons (Fsp3) is 0.613. The highest BCUT2D eigenvalue weighted by Crippen LogP contribution is 2.31. The second kappa shape index (κ2) is 16.1. The number of likely N-dealkylation sites (N-methyl/N-ethyl adjacent to an activating group) is 1. The number of halogens is 1. The lowest BCUT2D eigenvalue weighted by molar-refractivity contribution is -0.140. The number of piperazine rings is 1. The molecular weight excluding hydrogens is 588 g/mol. The normalized spacial score (nSPS) is 17.0. The molecule has 1 aliphatic carbocycles. The summed E-state index contributed by atoms with van der Waals surface area (Å²) in [6.07, 6.45) is 5.06. The fourth-order valence-corrected chi connectivity index (χ4v) is 6.11. The zero-order valence-electron chi connectivity index (χ0n) is 26.4. The van der Waals surface area contributed by atoms with E-state index in [1.807, 2.05) is 6.07 Å². The van der Waals surface area contributed by atoms with Crippen molar-refractivity contribution in [1.29, 1.82) is 0 Å². The molecule has 1 saturated carbocycles. The van der Waals surface area contributed by atoms with Crippen molar-refractivity contribution in [1.82, 2.24) is 30.3 Å². The number of hydrogen-bond acceptors (Lipinski definition) is 7. The highest BCUT2D eigenvalue weighted by atomic mass is 35.5. The smallest absolute Gasteiger partial charge is 0.271 e. The molecule has 0 radical (unpaired) electrons. The van der Waals surface area contributed by atoms with Gasteiger partial charge in [-0.25, -0.2) is 0 Å². The van der Waals surface area contributed by atoms with E-state index in [0.717, 1.165) is 32.1 Å². The third kappa shape index (κ3) is 7.65. The molecule has 2 aliphatic rings. The number of carbonyl (C=O) groups is 4. The van der Waals surface area contributed by atoms with Gasteiger partial charge in [-0.3, -0.25) is 19.2 Å². The zero-order chi connectivity index (χ0) is 31.1. The molecule has 0 bridgehead atoms. The van der Waals surface area contributed by atoms with Crippen LogP contribution in [-0.4, -0.2) is 111 Å². The fourth-order valence-electron chi connectivity index (χ4n) is 6.11. The summed E-state index contributed by atoms with van der Waals surface area (Å²) in [6, 6.07) is 4.38. The van der Waals surface area contributed by atoms with Crippen LogP contribution < -0.4 is 20.7 Å². The SMILES string of the molecule is CNC(C)C(=O)NC(C(=O)N1CCN(C(=O)c2c(C(=O)NCCOC)c3ccc(OC)cc3n2C)CC1)C1CCCCC1.Cl. The first kappa shape index (κ1) is 35.1. The van der Waals surface area contributed by atoms with E-state index < -0.39 is 12.1 Å². The summed E-state index contributed by atoms with van der Waals surface area (Å²) < 4.78 is 12.2. The average Bonchev–Trinajstić information content (AvgIpc) is 3.34. The van der Waals surface area contributed by atoms with Crippen LogP contribution in [0.15, 0.2) is 18.2 Å². The molecule has 2 unspecified atom stereocenters. The van der Waals surface area contributed by atoms with Crippen molar-refractivity contribution in [2.24, 2.45) is 13.0 Å². The van der Waals surface area contributed by atoms with Gasteiger partial charge < -0.3 is 39.8 Å². The van der Waals surface area contributed by atoms with Gasteiger partial charge in [0.1, 0.15) is 17.5 Å². The Morgan fingerprint density at radius 3 is 2.27 bits per heavy atom. The number of nitrogens with one attached hydrogen (secondary N) is 3. The second-order valence-corrected chi connectivity index (χ2v) is 11.4. The van der Waals surface area contributed by atoms with E-state index in [1.165, 1.54) is 0 Å². The summed E-state index contributed by atoms with van der Waals surface area (Å²) in [5.41, 5.74) is 1.29. The molecule has 1 aromatic carbocycles. The van der Waals surface area contributed by atoms with Crippen LogP contribution in [0.4, 0.5) is 0 Å². The van der Waals surface area contributed by atoms with Crippen LogP contribution in [0, 0.1) is 5.92 Å². The number of rotatable bonds is 11. The average molecular weight is 635 g/mol. The minimum absolute atomic E-state index is 0. The highest BCUT2D eigenvalue weighted by Gasteiger charge is 2.37. The number of ether oxygens (including phenoxy) is 2. The number of aromatic nitrogens is 1. The first-order valence-electron chi connectivity index (χ1n) is 15.2. The number of fused-ring (bicyclic) bond motifs is 1. The molecule has 4 amide bonds. The van der Waals surface area contributed by atoms with Crippen LogP contribution in [-0.2, 0) is 21.4 Å². The Bertz CT molecular complexity index is 1320. The van der Waals surface area contributed by atoms with Gasteiger partial charge in [0.2, 0.25) is 11.8 Å². The van der Waals surface area contributed by atoms with E-state index in [0.29, 0.717) is 61.5 Å². The number of aryl methyl sites for hydroxylation is 1. The molecule has 44 heavy (non-hydrogen) atoms. The minimum atomic E-state index is -0.582. The van der Waals surface area contributed by atoms with Crippen LogP contribution in [0.25, 0.3) is 10.9 Å². The summed E-state index contributed by atoms with van der Waals surface area (Å²) in [5, 5.41) is 9.48. The number of nitrogens with zero attached hydrogens (tertiary/aromatic N) is 3. The third-order valence-corrected chi connectivity index (χ3v) is 8.82. The standard InChI is InChI=1S/C31H46N6O6.ClH/c1-20(32-2)28(38)34-26(21-9-7-6-8-10-21)30(40)36-14-16-37(17-15-36)31(41)27-25(29(39)33-13-18-42-4)23-12-11-22(43-5)19-24(23)35(27)3;/h11-12,19-21,26,32H,6-10,13-18H2,1-5H3,(H,33,39)(H,34,38);1H. The van der Waals surface area contributed by atoms with Crippen LogP contribution in [0.5, 0.6) is 5.75 Å². The van der Waals surface area contributed by atoms with Gasteiger partial charge in [0.05, 0.1) is 30.8 Å². The molecule has 2 fully saturated rings. The Kier molecular flexibility index (Phi) is 12.9. The first-order chi connectivity index (χ1) is 20.7. The van der Waals surface area contributed by atoms with E-state index in [4.69, 9.17) is 9.47 Å². The number of hydrogen-bond donors (Lipinski definition) is 3. The maximum atomic E-state index is 14.0. The van der Waals surface area contributed by atoms with Crippen LogP contribution in [0.3, 0.4) is 0 Å². The van der Waals surface area contributed by atoms with Crippen LogP contribution >= 0.6 is 12.4 Å². The van der Waals surface area contributed by atoms with Crippen molar-refractivity contribution in [2.75, 3.05) is 60.6 Å². The van der Waals surface area contributed by atoms with Crippen LogP contribution in [0.2, 0.25) is 0 Å². The highest BCUT2D eigenvalue weighted by molar-refractivity contribution is 6.16. The Morgan fingerprint density at radius 1 is 1.00 bits per heavy atom. The molecule has 1 saturated heterocycles. The molecule has 3 N–H and O–H groups in total. The van der Waals surface area contributed by atoms with Gasteiger partial charge in [-0.1, -0.05) is 19.3 Å². The van der Waals surface area contributed by atoms with Crippen molar-refractivity contribution < 1.29 is 28.7 Å². The molecule has 244 valence electrons. The predicted octanol–water partition coefficient (Wildman–Crippen LogP) is 1.94. The summed E-state index contributed by atoms with van der Waals surface area (Å²) in [7, 11) is 6.62. The summed E-state index contributed by atoms with van der Waals surface area (Å²) >= 11 is 0. The van der Waals surface area contributed by atoms with E-state index in [2.05, 4.69) is 16.0 Å². The van der Waals surface area contributed by atoms with E-state index in [1.54, 1.807) is 61.7 Å². The lowest BCUT2D eigenvalue weighted by Gasteiger charge is -2.39. The van der Waals surface area contributed by atoms with Gasteiger partial charge in [0.15, 0.2) is 0 Å². The molecule has 4 rings (SSSR count). The van der Waals surface area contributed by atoms with Crippen molar-refractivity contribution in [3.05, 3.63) is 29.5 Å². The molecule has 1 aliphatic heterocycles. The van der Waals surface area contributed by atoms with Crippen molar-refractivity contribution in [2.45, 2.75) is 51.1 Å². The lowest BCUT2D eigenvalue weighted by atomic mass is 9.83. The molecular formula is C31H47ClN6O6. The van der Waals surface area contributed by atoms with E-state index in [9.17, 15) is 19.2 Å².